The van der Waals surface area contributed by atoms with E-state index in [4.69, 9.17) is 5.73 Å². The van der Waals surface area contributed by atoms with Crippen molar-refractivity contribution in [2.75, 3.05) is 17.6 Å². The van der Waals surface area contributed by atoms with Crippen LogP contribution in [0.4, 0.5) is 15.8 Å². The third kappa shape index (κ3) is 2.71. The zero-order valence-electron chi connectivity index (χ0n) is 9.95. The molecule has 3 rings (SSSR count). The molecule has 0 bridgehead atoms. The highest BCUT2D eigenvalue weighted by Crippen LogP contribution is 2.49. The van der Waals surface area contributed by atoms with E-state index in [9.17, 15) is 4.39 Å². The van der Waals surface area contributed by atoms with Gasteiger partial charge in [-0.25, -0.2) is 4.39 Å². The van der Waals surface area contributed by atoms with Gasteiger partial charge in [0.05, 0.1) is 0 Å². The molecule has 0 radical (unpaired) electrons. The largest absolute Gasteiger partial charge is 0.399 e. The molecule has 0 aliphatic heterocycles. The Morgan fingerprint density at radius 2 is 1.82 bits per heavy atom. The van der Waals surface area contributed by atoms with Crippen LogP contribution in [0, 0.1) is 23.6 Å². The Kier molecular flexibility index (Phi) is 2.69. The molecule has 2 aliphatic rings. The van der Waals surface area contributed by atoms with Gasteiger partial charge in [-0.2, -0.15) is 0 Å². The van der Waals surface area contributed by atoms with Crippen molar-refractivity contribution in [1.82, 2.24) is 0 Å². The lowest BCUT2D eigenvalue weighted by Gasteiger charge is -2.17. The third-order valence-electron chi connectivity index (χ3n) is 3.92. The summed E-state index contributed by atoms with van der Waals surface area (Å²) in [6, 6.07) is 4.68. The van der Waals surface area contributed by atoms with Crippen molar-refractivity contribution in [2.45, 2.75) is 25.7 Å². The summed E-state index contributed by atoms with van der Waals surface area (Å²) in [7, 11) is 0. The second-order valence-electron chi connectivity index (χ2n) is 5.49. The fourth-order valence-corrected chi connectivity index (χ4v) is 2.72. The SMILES string of the molecule is Nc1cc(F)cc(NCC(C2CC2)C2CC2)c1. The number of halogens is 1. The van der Waals surface area contributed by atoms with Crippen molar-refractivity contribution in [3.8, 4) is 0 Å². The van der Waals surface area contributed by atoms with Gasteiger partial charge in [0.25, 0.3) is 0 Å². The lowest BCUT2D eigenvalue weighted by Crippen LogP contribution is -2.18. The van der Waals surface area contributed by atoms with Gasteiger partial charge in [-0.15, -0.1) is 0 Å². The number of anilines is 2. The smallest absolute Gasteiger partial charge is 0.127 e. The summed E-state index contributed by atoms with van der Waals surface area (Å²) in [5.41, 5.74) is 6.93. The van der Waals surface area contributed by atoms with Crippen LogP contribution in [0.15, 0.2) is 18.2 Å². The summed E-state index contributed by atoms with van der Waals surface area (Å²) in [5, 5.41) is 3.35. The fourth-order valence-electron chi connectivity index (χ4n) is 2.72. The average Bonchev–Trinajstić information content (AvgIpc) is 3.12. The highest BCUT2D eigenvalue weighted by molar-refractivity contribution is 5.54. The normalized spacial score (nSPS) is 19.6. The maximum absolute atomic E-state index is 13.2. The molecule has 1 aromatic rings. The van der Waals surface area contributed by atoms with Crippen molar-refractivity contribution in [3.05, 3.63) is 24.0 Å². The molecule has 3 N–H and O–H groups in total. The van der Waals surface area contributed by atoms with E-state index >= 15 is 0 Å². The van der Waals surface area contributed by atoms with Crippen LogP contribution in [-0.2, 0) is 0 Å². The standard InChI is InChI=1S/C14H19FN2/c15-11-5-12(16)7-13(6-11)17-8-14(9-1-2-9)10-3-4-10/h5-7,9-10,14,17H,1-4,8,16H2. The maximum Gasteiger partial charge on any atom is 0.127 e. The first-order valence-corrected chi connectivity index (χ1v) is 6.52. The van der Waals surface area contributed by atoms with Crippen molar-refractivity contribution in [2.24, 2.45) is 17.8 Å². The molecule has 1 aromatic carbocycles. The first-order chi connectivity index (χ1) is 8.22. The minimum atomic E-state index is -0.262. The first kappa shape index (κ1) is 10.9. The average molecular weight is 234 g/mol. The van der Waals surface area contributed by atoms with Crippen LogP contribution in [0.5, 0.6) is 0 Å². The van der Waals surface area contributed by atoms with Gasteiger partial charge in [-0.3, -0.25) is 0 Å². The highest BCUT2D eigenvalue weighted by atomic mass is 19.1. The monoisotopic (exact) mass is 234 g/mol. The number of nitrogen functional groups attached to an aromatic ring is 1. The van der Waals surface area contributed by atoms with E-state index < -0.39 is 0 Å². The molecule has 2 aliphatic carbocycles. The molecule has 17 heavy (non-hydrogen) atoms. The lowest BCUT2D eigenvalue weighted by molar-refractivity contribution is 0.428. The summed E-state index contributed by atoms with van der Waals surface area (Å²) < 4.78 is 13.2. The first-order valence-electron chi connectivity index (χ1n) is 6.52. The number of hydrogen-bond donors (Lipinski definition) is 2. The molecule has 2 fully saturated rings. The van der Waals surface area contributed by atoms with Crippen LogP contribution in [0.1, 0.15) is 25.7 Å². The Morgan fingerprint density at radius 1 is 1.18 bits per heavy atom. The molecule has 0 aromatic heterocycles. The molecular weight excluding hydrogens is 215 g/mol. The molecule has 2 nitrogen and oxygen atoms in total. The van der Waals surface area contributed by atoms with E-state index in [1.54, 1.807) is 6.07 Å². The van der Waals surface area contributed by atoms with E-state index in [1.807, 2.05) is 0 Å². The zero-order valence-corrected chi connectivity index (χ0v) is 9.95. The van der Waals surface area contributed by atoms with Crippen LogP contribution >= 0.6 is 0 Å². The van der Waals surface area contributed by atoms with Crippen LogP contribution in [0.25, 0.3) is 0 Å². The van der Waals surface area contributed by atoms with Crippen molar-refractivity contribution < 1.29 is 4.39 Å². The number of rotatable bonds is 5. The third-order valence-corrected chi connectivity index (χ3v) is 3.92. The van der Waals surface area contributed by atoms with E-state index in [0.29, 0.717) is 5.69 Å². The molecule has 3 heteroatoms. The van der Waals surface area contributed by atoms with Gasteiger partial charge in [0, 0.05) is 17.9 Å². The van der Waals surface area contributed by atoms with Gasteiger partial charge < -0.3 is 11.1 Å². The van der Waals surface area contributed by atoms with Gasteiger partial charge in [-0.05, 0) is 61.6 Å². The molecule has 0 saturated heterocycles. The van der Waals surface area contributed by atoms with Crippen LogP contribution in [0.2, 0.25) is 0 Å². The topological polar surface area (TPSA) is 38.0 Å². The van der Waals surface area contributed by atoms with Gasteiger partial charge in [-0.1, -0.05) is 0 Å². The second kappa shape index (κ2) is 4.21. The van der Waals surface area contributed by atoms with E-state index in [2.05, 4.69) is 5.32 Å². The maximum atomic E-state index is 13.2. The number of nitrogens with one attached hydrogen (secondary N) is 1. The highest BCUT2D eigenvalue weighted by Gasteiger charge is 2.40. The molecule has 2 saturated carbocycles. The quantitative estimate of drug-likeness (QED) is 0.767. The summed E-state index contributed by atoms with van der Waals surface area (Å²) in [6.07, 6.45) is 5.53. The molecule has 0 atom stereocenters. The van der Waals surface area contributed by atoms with Gasteiger partial charge in [0.2, 0.25) is 0 Å². The number of nitrogens with two attached hydrogens (primary N) is 1. The molecule has 0 heterocycles. The molecule has 0 unspecified atom stereocenters. The van der Waals surface area contributed by atoms with E-state index in [-0.39, 0.29) is 5.82 Å². The summed E-state index contributed by atoms with van der Waals surface area (Å²) in [5.74, 6) is 2.36. The zero-order chi connectivity index (χ0) is 11.8. The summed E-state index contributed by atoms with van der Waals surface area (Å²) in [4.78, 5) is 0. The Balaban J connectivity index is 1.61. The van der Waals surface area contributed by atoms with Crippen LogP contribution in [-0.4, -0.2) is 6.54 Å². The summed E-state index contributed by atoms with van der Waals surface area (Å²) in [6.45, 7) is 0.970. The van der Waals surface area contributed by atoms with E-state index in [1.165, 1.54) is 37.8 Å². The Hall–Kier alpha value is -1.25. The fraction of sp³-hybridized carbons (Fsp3) is 0.571. The van der Waals surface area contributed by atoms with Gasteiger partial charge >= 0.3 is 0 Å². The summed E-state index contributed by atoms with van der Waals surface area (Å²) >= 11 is 0. The predicted molar refractivity (Wildman–Crippen MR) is 68.2 cm³/mol. The van der Waals surface area contributed by atoms with Crippen molar-refractivity contribution in [3.63, 3.8) is 0 Å². The lowest BCUT2D eigenvalue weighted by atomic mass is 9.98. The molecule has 0 amide bonds. The van der Waals surface area contributed by atoms with Crippen molar-refractivity contribution >= 4 is 11.4 Å². The van der Waals surface area contributed by atoms with Gasteiger partial charge in [0.1, 0.15) is 5.82 Å². The predicted octanol–water partition coefficient (Wildman–Crippen LogP) is 3.26. The Morgan fingerprint density at radius 3 is 2.35 bits per heavy atom. The molecule has 0 spiro atoms. The van der Waals surface area contributed by atoms with E-state index in [0.717, 1.165) is 30.0 Å². The second-order valence-corrected chi connectivity index (χ2v) is 5.49. The van der Waals surface area contributed by atoms with Crippen molar-refractivity contribution in [1.29, 1.82) is 0 Å². The molecular formula is C14H19FN2. The van der Waals surface area contributed by atoms with Crippen LogP contribution < -0.4 is 11.1 Å². The minimum Gasteiger partial charge on any atom is -0.399 e. The number of benzene rings is 1. The number of hydrogen-bond acceptors (Lipinski definition) is 2. The van der Waals surface area contributed by atoms with Gasteiger partial charge in [0.15, 0.2) is 0 Å². The Labute approximate surface area is 101 Å². The Bertz CT molecular complexity index is 378. The van der Waals surface area contributed by atoms with Crippen LogP contribution in [0.3, 0.4) is 0 Å². The minimum absolute atomic E-state index is 0.262. The molecule has 92 valence electrons.